The van der Waals surface area contributed by atoms with Gasteiger partial charge in [-0.05, 0) is 12.8 Å². The number of nitrogens with zero attached hydrogens (tertiary/aromatic N) is 2. The van der Waals surface area contributed by atoms with Crippen LogP contribution in [0.5, 0.6) is 0 Å². The molecule has 1 unspecified atom stereocenters. The molecule has 0 radical (unpaired) electrons. The van der Waals surface area contributed by atoms with Gasteiger partial charge in [0.25, 0.3) is 0 Å². The SMILES string of the molecule is O=C1NCCCC1Nc1ncns1. The molecule has 6 heteroatoms. The fraction of sp³-hybridized carbons (Fsp3) is 0.571. The molecule has 1 saturated heterocycles. The summed E-state index contributed by atoms with van der Waals surface area (Å²) in [6.07, 6.45) is 3.36. The first-order valence-corrected chi connectivity index (χ1v) is 4.94. The van der Waals surface area contributed by atoms with Gasteiger partial charge in [0.2, 0.25) is 11.0 Å². The lowest BCUT2D eigenvalue weighted by Crippen LogP contribution is -2.44. The molecule has 0 saturated carbocycles. The first-order chi connectivity index (χ1) is 6.36. The molecule has 0 bridgehead atoms. The van der Waals surface area contributed by atoms with Crippen molar-refractivity contribution in [2.24, 2.45) is 0 Å². The summed E-state index contributed by atoms with van der Waals surface area (Å²) >= 11 is 1.27. The zero-order valence-corrected chi connectivity index (χ0v) is 7.80. The molecule has 2 rings (SSSR count). The van der Waals surface area contributed by atoms with Crippen LogP contribution in [0.1, 0.15) is 12.8 Å². The maximum Gasteiger partial charge on any atom is 0.242 e. The third kappa shape index (κ3) is 1.95. The lowest BCUT2D eigenvalue weighted by Gasteiger charge is -2.21. The predicted molar refractivity (Wildman–Crippen MR) is 49.6 cm³/mol. The summed E-state index contributed by atoms with van der Waals surface area (Å²) in [4.78, 5) is 15.3. The molecule has 2 heterocycles. The highest BCUT2D eigenvalue weighted by Gasteiger charge is 2.22. The fourth-order valence-electron chi connectivity index (χ4n) is 1.30. The van der Waals surface area contributed by atoms with E-state index in [1.807, 2.05) is 0 Å². The van der Waals surface area contributed by atoms with Crippen molar-refractivity contribution < 1.29 is 4.79 Å². The van der Waals surface area contributed by atoms with Gasteiger partial charge in [0.05, 0.1) is 0 Å². The summed E-state index contributed by atoms with van der Waals surface area (Å²) in [5.74, 6) is 0.0569. The number of aromatic nitrogens is 2. The molecular weight excluding hydrogens is 188 g/mol. The van der Waals surface area contributed by atoms with E-state index in [9.17, 15) is 4.79 Å². The van der Waals surface area contributed by atoms with E-state index in [0.29, 0.717) is 5.13 Å². The number of anilines is 1. The van der Waals surface area contributed by atoms with Crippen LogP contribution in [0, 0.1) is 0 Å². The van der Waals surface area contributed by atoms with Gasteiger partial charge in [-0.2, -0.15) is 4.37 Å². The largest absolute Gasteiger partial charge is 0.354 e. The molecule has 1 amide bonds. The highest BCUT2D eigenvalue weighted by molar-refractivity contribution is 7.09. The second kappa shape index (κ2) is 3.69. The molecule has 1 fully saturated rings. The van der Waals surface area contributed by atoms with Crippen molar-refractivity contribution in [2.75, 3.05) is 11.9 Å². The second-order valence-electron chi connectivity index (χ2n) is 2.88. The Labute approximate surface area is 79.7 Å². The minimum atomic E-state index is -0.137. The zero-order valence-electron chi connectivity index (χ0n) is 6.99. The molecule has 13 heavy (non-hydrogen) atoms. The summed E-state index contributed by atoms with van der Waals surface area (Å²) in [6, 6.07) is -0.137. The Bertz CT molecular complexity index is 287. The fourth-order valence-corrected chi connectivity index (χ4v) is 1.78. The lowest BCUT2D eigenvalue weighted by molar-refractivity contribution is -0.123. The number of hydrogen-bond donors (Lipinski definition) is 2. The van der Waals surface area contributed by atoms with Crippen molar-refractivity contribution in [2.45, 2.75) is 18.9 Å². The van der Waals surface area contributed by atoms with E-state index in [0.717, 1.165) is 19.4 Å². The van der Waals surface area contributed by atoms with Crippen molar-refractivity contribution in [3.63, 3.8) is 0 Å². The molecular formula is C7H10N4OS. The number of carbonyl (C=O) groups is 1. The monoisotopic (exact) mass is 198 g/mol. The van der Waals surface area contributed by atoms with Crippen LogP contribution in [0.4, 0.5) is 5.13 Å². The van der Waals surface area contributed by atoms with Crippen LogP contribution in [-0.2, 0) is 4.79 Å². The Hall–Kier alpha value is -1.17. The molecule has 0 aromatic carbocycles. The molecule has 70 valence electrons. The van der Waals surface area contributed by atoms with Crippen molar-refractivity contribution in [3.8, 4) is 0 Å². The smallest absolute Gasteiger partial charge is 0.242 e. The van der Waals surface area contributed by atoms with Gasteiger partial charge in [-0.15, -0.1) is 0 Å². The van der Waals surface area contributed by atoms with Crippen LogP contribution in [0.25, 0.3) is 0 Å². The second-order valence-corrected chi connectivity index (χ2v) is 3.66. The van der Waals surface area contributed by atoms with E-state index in [-0.39, 0.29) is 11.9 Å². The molecule has 1 aromatic rings. The van der Waals surface area contributed by atoms with E-state index >= 15 is 0 Å². The Balaban J connectivity index is 1.97. The van der Waals surface area contributed by atoms with Gasteiger partial charge in [-0.3, -0.25) is 4.79 Å². The Morgan fingerprint density at radius 2 is 2.62 bits per heavy atom. The summed E-state index contributed by atoms with van der Waals surface area (Å²) in [7, 11) is 0. The van der Waals surface area contributed by atoms with Gasteiger partial charge in [0, 0.05) is 18.1 Å². The molecule has 5 nitrogen and oxygen atoms in total. The first-order valence-electron chi connectivity index (χ1n) is 4.17. The predicted octanol–water partition coefficient (Wildman–Crippen LogP) is 0.229. The topological polar surface area (TPSA) is 66.9 Å². The molecule has 1 aromatic heterocycles. The van der Waals surface area contributed by atoms with Gasteiger partial charge in [-0.25, -0.2) is 4.98 Å². The summed E-state index contributed by atoms with van der Waals surface area (Å²) in [6.45, 7) is 0.785. The van der Waals surface area contributed by atoms with Gasteiger partial charge in [0.1, 0.15) is 12.4 Å². The Kier molecular flexibility index (Phi) is 2.40. The van der Waals surface area contributed by atoms with Crippen molar-refractivity contribution in [1.29, 1.82) is 0 Å². The Morgan fingerprint density at radius 1 is 1.69 bits per heavy atom. The average Bonchev–Trinajstić information content (AvgIpc) is 2.61. The van der Waals surface area contributed by atoms with Crippen molar-refractivity contribution >= 4 is 22.6 Å². The number of rotatable bonds is 2. The van der Waals surface area contributed by atoms with Crippen LogP contribution < -0.4 is 10.6 Å². The number of hydrogen-bond acceptors (Lipinski definition) is 5. The first kappa shape index (κ1) is 8.43. The third-order valence-corrected chi connectivity index (χ3v) is 2.54. The quantitative estimate of drug-likeness (QED) is 0.713. The third-order valence-electron chi connectivity index (χ3n) is 1.94. The van der Waals surface area contributed by atoms with Gasteiger partial charge < -0.3 is 10.6 Å². The van der Waals surface area contributed by atoms with Crippen molar-refractivity contribution in [1.82, 2.24) is 14.7 Å². The van der Waals surface area contributed by atoms with E-state index in [2.05, 4.69) is 20.0 Å². The van der Waals surface area contributed by atoms with Crippen LogP contribution in [0.2, 0.25) is 0 Å². The average molecular weight is 198 g/mol. The minimum absolute atomic E-state index is 0.0569. The van der Waals surface area contributed by atoms with E-state index in [1.54, 1.807) is 0 Å². The molecule has 1 aliphatic rings. The summed E-state index contributed by atoms with van der Waals surface area (Å²) < 4.78 is 3.85. The Morgan fingerprint density at radius 3 is 3.31 bits per heavy atom. The van der Waals surface area contributed by atoms with Crippen LogP contribution in [-0.4, -0.2) is 27.9 Å². The highest BCUT2D eigenvalue weighted by atomic mass is 32.1. The number of carbonyl (C=O) groups excluding carboxylic acids is 1. The lowest BCUT2D eigenvalue weighted by atomic mass is 10.1. The van der Waals surface area contributed by atoms with Crippen LogP contribution in [0.3, 0.4) is 0 Å². The summed E-state index contributed by atoms with van der Waals surface area (Å²) in [5.41, 5.74) is 0. The molecule has 0 aliphatic carbocycles. The molecule has 0 spiro atoms. The van der Waals surface area contributed by atoms with Crippen LogP contribution >= 0.6 is 11.5 Å². The number of amides is 1. The standard InChI is InChI=1S/C7H10N4OS/c12-6-5(2-1-3-8-6)11-7-9-4-10-13-7/h4-5H,1-3H2,(H,8,12)(H,9,10,11). The van der Waals surface area contributed by atoms with E-state index in [4.69, 9.17) is 0 Å². The summed E-state index contributed by atoms with van der Waals surface area (Å²) in [5, 5.41) is 6.55. The van der Waals surface area contributed by atoms with E-state index < -0.39 is 0 Å². The van der Waals surface area contributed by atoms with Gasteiger partial charge in [0.15, 0.2) is 0 Å². The maximum absolute atomic E-state index is 11.3. The number of piperidine rings is 1. The molecule has 2 N–H and O–H groups in total. The van der Waals surface area contributed by atoms with Gasteiger partial charge in [-0.1, -0.05) is 0 Å². The van der Waals surface area contributed by atoms with Crippen molar-refractivity contribution in [3.05, 3.63) is 6.33 Å². The van der Waals surface area contributed by atoms with Gasteiger partial charge >= 0.3 is 0 Å². The molecule has 1 aliphatic heterocycles. The molecule has 1 atom stereocenters. The highest BCUT2D eigenvalue weighted by Crippen LogP contribution is 2.13. The normalized spacial score (nSPS) is 22.5. The minimum Gasteiger partial charge on any atom is -0.354 e. The van der Waals surface area contributed by atoms with E-state index in [1.165, 1.54) is 17.9 Å². The zero-order chi connectivity index (χ0) is 9.10. The van der Waals surface area contributed by atoms with Crippen LogP contribution in [0.15, 0.2) is 6.33 Å². The number of nitrogens with one attached hydrogen (secondary N) is 2. The maximum atomic E-state index is 11.3.